The van der Waals surface area contributed by atoms with E-state index in [1.165, 1.54) is 12.1 Å². The Kier molecular flexibility index (Phi) is 5.11. The molecule has 6 heteroatoms. The normalized spacial score (nSPS) is 11.5. The minimum absolute atomic E-state index is 0. The summed E-state index contributed by atoms with van der Waals surface area (Å²) in [5.74, 6) is 0. The molecule has 1 rings (SSSR count). The van der Waals surface area contributed by atoms with Gasteiger partial charge in [-0.05, 0) is 24.1 Å². The van der Waals surface area contributed by atoms with Gasteiger partial charge in [0.05, 0.1) is 4.90 Å². The molecule has 0 aliphatic carbocycles. The van der Waals surface area contributed by atoms with Crippen molar-refractivity contribution in [2.24, 2.45) is 0 Å². The first kappa shape index (κ1) is 13.1. The smallest absolute Gasteiger partial charge is 0.124 e. The van der Waals surface area contributed by atoms with Crippen LogP contribution in [0.25, 0.3) is 0 Å². The van der Waals surface area contributed by atoms with Crippen LogP contribution in [0.1, 0.15) is 0 Å². The molecule has 0 spiro atoms. The molecular formula is C7H8MnO3PS-. The minimum atomic E-state index is -4.28. The van der Waals surface area contributed by atoms with Crippen molar-refractivity contribution in [3.8, 4) is 0 Å². The van der Waals surface area contributed by atoms with Crippen LogP contribution in [0.2, 0.25) is 0 Å². The summed E-state index contributed by atoms with van der Waals surface area (Å²) in [6.45, 7) is 1.93. The molecule has 1 aromatic rings. The predicted molar refractivity (Wildman–Crippen MR) is 48.3 cm³/mol. The van der Waals surface area contributed by atoms with E-state index in [2.05, 4.69) is 0 Å². The van der Waals surface area contributed by atoms with Crippen LogP contribution < -0.4 is 5.30 Å². The van der Waals surface area contributed by atoms with E-state index in [0.29, 0.717) is 8.58 Å². The molecule has 0 fully saturated rings. The molecule has 0 heterocycles. The zero-order chi connectivity index (χ0) is 9.19. The van der Waals surface area contributed by atoms with E-state index >= 15 is 0 Å². The molecular weight excluding hydrogens is 250 g/mol. The monoisotopic (exact) mass is 258 g/mol. The van der Waals surface area contributed by atoms with Gasteiger partial charge in [-0.3, -0.25) is 0 Å². The van der Waals surface area contributed by atoms with Gasteiger partial charge in [0.15, 0.2) is 0 Å². The number of rotatable bonds is 2. The first-order valence-electron chi connectivity index (χ1n) is 3.28. The Morgan fingerprint density at radius 3 is 2.46 bits per heavy atom. The average molecular weight is 258 g/mol. The maximum atomic E-state index is 10.5. The van der Waals surface area contributed by atoms with Gasteiger partial charge in [0.25, 0.3) is 0 Å². The van der Waals surface area contributed by atoms with E-state index in [4.69, 9.17) is 0 Å². The Labute approximate surface area is 89.9 Å². The molecule has 0 bridgehead atoms. The van der Waals surface area contributed by atoms with Crippen molar-refractivity contribution >= 4 is 24.0 Å². The maximum absolute atomic E-state index is 10.5. The first-order chi connectivity index (χ1) is 5.54. The van der Waals surface area contributed by atoms with Gasteiger partial charge in [0, 0.05) is 17.1 Å². The summed E-state index contributed by atoms with van der Waals surface area (Å²) in [5, 5.41) is 0.881. The minimum Gasteiger partial charge on any atom is -0.744 e. The Balaban J connectivity index is 0.00000144. The number of hydrogen-bond donors (Lipinski definition) is 0. The summed E-state index contributed by atoms with van der Waals surface area (Å²) in [4.78, 5) is -0.144. The summed E-state index contributed by atoms with van der Waals surface area (Å²) in [6, 6.07) is 6.11. The zero-order valence-electron chi connectivity index (χ0n) is 6.82. The molecule has 13 heavy (non-hydrogen) atoms. The van der Waals surface area contributed by atoms with Crippen molar-refractivity contribution in [1.29, 1.82) is 0 Å². The molecule has 73 valence electrons. The number of benzene rings is 1. The van der Waals surface area contributed by atoms with Crippen molar-refractivity contribution in [2.75, 3.05) is 6.66 Å². The van der Waals surface area contributed by atoms with Crippen molar-refractivity contribution in [2.45, 2.75) is 4.90 Å². The SMILES string of the molecule is CPc1cccc(S(=O)(=O)[O-])c1.[Mn]. The number of hydrogen-bond acceptors (Lipinski definition) is 3. The standard InChI is InChI=1S/C7H9O3PS.Mn/c1-11-6-3-2-4-7(5-6)12(8,9)10;/h2-5,11H,1H3,(H,8,9,10);/p-1. The van der Waals surface area contributed by atoms with Gasteiger partial charge in [-0.1, -0.05) is 20.7 Å². The fourth-order valence-electron chi connectivity index (χ4n) is 0.807. The second-order valence-corrected chi connectivity index (χ2v) is 4.69. The Bertz CT molecular complexity index is 377. The summed E-state index contributed by atoms with van der Waals surface area (Å²) in [7, 11) is -3.78. The van der Waals surface area contributed by atoms with Crippen LogP contribution in [0.15, 0.2) is 29.2 Å². The molecule has 0 amide bonds. The first-order valence-corrected chi connectivity index (χ1v) is 6.18. The molecule has 1 radical (unpaired) electrons. The summed E-state index contributed by atoms with van der Waals surface area (Å²) in [6.07, 6.45) is 0. The van der Waals surface area contributed by atoms with Crippen molar-refractivity contribution in [1.82, 2.24) is 0 Å². The topological polar surface area (TPSA) is 57.2 Å². The Morgan fingerprint density at radius 2 is 2.00 bits per heavy atom. The van der Waals surface area contributed by atoms with Gasteiger partial charge in [-0.15, -0.1) is 0 Å². The fraction of sp³-hybridized carbons (Fsp3) is 0.143. The molecule has 1 atom stereocenters. The second kappa shape index (κ2) is 5.08. The van der Waals surface area contributed by atoms with Crippen LogP contribution in [0.5, 0.6) is 0 Å². The molecule has 0 aliphatic heterocycles. The van der Waals surface area contributed by atoms with E-state index < -0.39 is 10.1 Å². The molecule has 0 aromatic heterocycles. The second-order valence-electron chi connectivity index (χ2n) is 2.23. The van der Waals surface area contributed by atoms with E-state index in [0.717, 1.165) is 5.30 Å². The van der Waals surface area contributed by atoms with Crippen LogP contribution in [0.3, 0.4) is 0 Å². The van der Waals surface area contributed by atoms with Gasteiger partial charge in [-0.2, -0.15) is 0 Å². The van der Waals surface area contributed by atoms with Crippen molar-refractivity contribution < 1.29 is 30.0 Å². The third-order valence-corrected chi connectivity index (χ3v) is 3.13. The average Bonchev–Trinajstić information content (AvgIpc) is 2.03. The van der Waals surface area contributed by atoms with Gasteiger partial charge < -0.3 is 4.55 Å². The molecule has 0 aliphatic rings. The van der Waals surface area contributed by atoms with Crippen LogP contribution in [-0.2, 0) is 27.2 Å². The quantitative estimate of drug-likeness (QED) is 0.441. The summed E-state index contributed by atoms with van der Waals surface area (Å²) >= 11 is 0. The largest absolute Gasteiger partial charge is 0.744 e. The van der Waals surface area contributed by atoms with E-state index in [1.54, 1.807) is 12.1 Å². The van der Waals surface area contributed by atoms with Gasteiger partial charge in [0.1, 0.15) is 10.1 Å². The molecule has 0 saturated heterocycles. The molecule has 0 saturated carbocycles. The van der Waals surface area contributed by atoms with E-state index in [-0.39, 0.29) is 22.0 Å². The summed E-state index contributed by atoms with van der Waals surface area (Å²) in [5.41, 5.74) is 0. The van der Waals surface area contributed by atoms with Crippen LogP contribution in [-0.4, -0.2) is 19.6 Å². The van der Waals surface area contributed by atoms with Crippen molar-refractivity contribution in [3.05, 3.63) is 24.3 Å². The predicted octanol–water partition coefficient (Wildman–Crippen LogP) is 0.522. The van der Waals surface area contributed by atoms with E-state index in [1.807, 2.05) is 6.66 Å². The molecule has 1 aromatic carbocycles. The fourth-order valence-corrected chi connectivity index (χ4v) is 1.99. The van der Waals surface area contributed by atoms with Crippen LogP contribution >= 0.6 is 8.58 Å². The Morgan fingerprint density at radius 1 is 1.38 bits per heavy atom. The van der Waals surface area contributed by atoms with Gasteiger partial charge in [-0.25, -0.2) is 8.42 Å². The molecule has 3 nitrogen and oxygen atoms in total. The maximum Gasteiger partial charge on any atom is 0.124 e. The third kappa shape index (κ3) is 3.75. The van der Waals surface area contributed by atoms with Crippen molar-refractivity contribution in [3.63, 3.8) is 0 Å². The van der Waals surface area contributed by atoms with E-state index in [9.17, 15) is 13.0 Å². The van der Waals surface area contributed by atoms with Gasteiger partial charge in [0.2, 0.25) is 0 Å². The van der Waals surface area contributed by atoms with Crippen LogP contribution in [0, 0.1) is 0 Å². The summed E-state index contributed by atoms with van der Waals surface area (Å²) < 4.78 is 31.6. The van der Waals surface area contributed by atoms with Gasteiger partial charge >= 0.3 is 0 Å². The zero-order valence-corrected chi connectivity index (χ0v) is 9.82. The third-order valence-electron chi connectivity index (χ3n) is 1.41. The Hall–Kier alpha value is 0.0795. The molecule has 0 N–H and O–H groups in total. The molecule has 1 unspecified atom stereocenters. The van der Waals surface area contributed by atoms with Crippen LogP contribution in [0.4, 0.5) is 0 Å².